The fraction of sp³-hybridized carbons (Fsp3) is 0.143. The van der Waals surface area contributed by atoms with Crippen LogP contribution in [-0.4, -0.2) is 13.6 Å². The van der Waals surface area contributed by atoms with E-state index in [1.807, 2.05) is 0 Å². The smallest absolute Gasteiger partial charge is 0.112 e. The van der Waals surface area contributed by atoms with Gasteiger partial charge >= 0.3 is 0 Å². The Bertz CT molecular complexity index is 382. The van der Waals surface area contributed by atoms with Gasteiger partial charge < -0.3 is 5.48 Å². The first-order valence-corrected chi connectivity index (χ1v) is 8.32. The molecular weight excluding hydrogens is 212 g/mol. The predicted molar refractivity (Wildman–Crippen MR) is 73.2 cm³/mol. The van der Waals surface area contributed by atoms with Gasteiger partial charge in [0.25, 0.3) is 0 Å². The van der Waals surface area contributed by atoms with Crippen LogP contribution >= 0.6 is 0 Å². The van der Waals surface area contributed by atoms with Crippen molar-refractivity contribution < 1.29 is 5.48 Å². The van der Waals surface area contributed by atoms with E-state index < -0.39 is 8.07 Å². The van der Waals surface area contributed by atoms with Crippen molar-refractivity contribution in [1.82, 2.24) is 0 Å². The molecule has 0 saturated heterocycles. The molecular formula is C14H18OSi. The average molecular weight is 230 g/mol. The van der Waals surface area contributed by atoms with Gasteiger partial charge in [-0.1, -0.05) is 84.1 Å². The molecule has 0 saturated carbocycles. The molecule has 0 aliphatic carbocycles. The maximum atomic E-state index is 2.40. The van der Waals surface area contributed by atoms with Gasteiger partial charge in [-0.3, -0.25) is 0 Å². The van der Waals surface area contributed by atoms with Crippen LogP contribution in [0.5, 0.6) is 0 Å². The van der Waals surface area contributed by atoms with Crippen LogP contribution < -0.4 is 10.4 Å². The molecule has 0 bridgehead atoms. The van der Waals surface area contributed by atoms with Gasteiger partial charge in [-0.15, -0.1) is 0 Å². The molecule has 1 nitrogen and oxygen atoms in total. The molecule has 0 unspecified atom stereocenters. The molecule has 0 amide bonds. The topological polar surface area (TPSA) is 31.5 Å². The quantitative estimate of drug-likeness (QED) is 0.703. The number of benzene rings is 2. The lowest BCUT2D eigenvalue weighted by Crippen LogP contribution is -2.52. The highest BCUT2D eigenvalue weighted by Gasteiger charge is 2.24. The predicted octanol–water partition coefficient (Wildman–Crippen LogP) is 1.68. The first-order chi connectivity index (χ1) is 7.21. The summed E-state index contributed by atoms with van der Waals surface area (Å²) in [7, 11) is -1.46. The zero-order chi connectivity index (χ0) is 10.7. The summed E-state index contributed by atoms with van der Waals surface area (Å²) in [4.78, 5) is 0. The summed E-state index contributed by atoms with van der Waals surface area (Å²) in [5.74, 6) is 0. The zero-order valence-corrected chi connectivity index (χ0v) is 10.8. The summed E-state index contributed by atoms with van der Waals surface area (Å²) in [6.45, 7) is 4.80. The SMILES string of the molecule is C[Si](C)(c1ccccc1)c1ccccc1.O. The largest absolute Gasteiger partial charge is 0.412 e. The van der Waals surface area contributed by atoms with Crippen LogP contribution in [0.1, 0.15) is 0 Å². The van der Waals surface area contributed by atoms with E-state index in [0.717, 1.165) is 0 Å². The molecule has 0 fully saturated rings. The normalized spacial score (nSPS) is 10.6. The van der Waals surface area contributed by atoms with Crippen LogP contribution in [0.4, 0.5) is 0 Å². The molecule has 16 heavy (non-hydrogen) atoms. The van der Waals surface area contributed by atoms with E-state index in [2.05, 4.69) is 73.8 Å². The highest BCUT2D eigenvalue weighted by molar-refractivity contribution is 7.00. The van der Waals surface area contributed by atoms with Gasteiger partial charge in [0.2, 0.25) is 0 Å². The Kier molecular flexibility index (Phi) is 4.04. The summed E-state index contributed by atoms with van der Waals surface area (Å²) in [6, 6.07) is 21.7. The van der Waals surface area contributed by atoms with Crippen molar-refractivity contribution in [1.29, 1.82) is 0 Å². The Hall–Kier alpha value is -1.38. The lowest BCUT2D eigenvalue weighted by molar-refractivity contribution is 0.824. The van der Waals surface area contributed by atoms with Gasteiger partial charge in [0.1, 0.15) is 8.07 Å². The fourth-order valence-corrected chi connectivity index (χ4v) is 4.26. The van der Waals surface area contributed by atoms with Crippen LogP contribution in [0.3, 0.4) is 0 Å². The second-order valence-corrected chi connectivity index (χ2v) is 8.76. The van der Waals surface area contributed by atoms with Gasteiger partial charge in [-0.25, -0.2) is 0 Å². The molecule has 2 N–H and O–H groups in total. The standard InChI is InChI=1S/C14H16Si.H2O/c1-15(2,13-9-5-3-6-10-13)14-11-7-4-8-12-14;/h3-12H,1-2H3;1H2. The van der Waals surface area contributed by atoms with E-state index in [1.54, 1.807) is 0 Å². The molecule has 2 heteroatoms. The third-order valence-corrected chi connectivity index (χ3v) is 6.54. The molecule has 84 valence electrons. The van der Waals surface area contributed by atoms with E-state index in [0.29, 0.717) is 0 Å². The van der Waals surface area contributed by atoms with Gasteiger partial charge in [-0.2, -0.15) is 0 Å². The summed E-state index contributed by atoms with van der Waals surface area (Å²) in [5, 5.41) is 2.99. The molecule has 0 aromatic heterocycles. The van der Waals surface area contributed by atoms with Crippen LogP contribution in [-0.2, 0) is 0 Å². The minimum atomic E-state index is -1.46. The van der Waals surface area contributed by atoms with E-state index in [-0.39, 0.29) is 5.48 Å². The van der Waals surface area contributed by atoms with Crippen molar-refractivity contribution in [2.24, 2.45) is 0 Å². The summed E-state index contributed by atoms with van der Waals surface area (Å²) in [6.07, 6.45) is 0. The van der Waals surface area contributed by atoms with Gasteiger partial charge in [0.15, 0.2) is 0 Å². The van der Waals surface area contributed by atoms with E-state index >= 15 is 0 Å². The Labute approximate surface area is 98.1 Å². The van der Waals surface area contributed by atoms with Gasteiger partial charge in [0.05, 0.1) is 0 Å². The lowest BCUT2D eigenvalue weighted by Gasteiger charge is -2.23. The molecule has 2 rings (SSSR count). The maximum Gasteiger partial charge on any atom is 0.112 e. The molecule has 2 aromatic rings. The Morgan fingerprint density at radius 3 is 1.25 bits per heavy atom. The third-order valence-electron chi connectivity index (χ3n) is 2.99. The van der Waals surface area contributed by atoms with E-state index in [4.69, 9.17) is 0 Å². The third kappa shape index (κ3) is 2.40. The summed E-state index contributed by atoms with van der Waals surface area (Å²) < 4.78 is 0. The fourth-order valence-electron chi connectivity index (χ4n) is 1.88. The maximum absolute atomic E-state index is 2.40. The second-order valence-electron chi connectivity index (χ2n) is 4.36. The molecule has 0 spiro atoms. The second kappa shape index (κ2) is 5.10. The molecule has 0 atom stereocenters. The first-order valence-electron chi connectivity index (χ1n) is 5.32. The van der Waals surface area contributed by atoms with E-state index in [1.165, 1.54) is 10.4 Å². The number of hydrogen-bond donors (Lipinski definition) is 0. The van der Waals surface area contributed by atoms with Crippen LogP contribution in [0, 0.1) is 0 Å². The monoisotopic (exact) mass is 230 g/mol. The van der Waals surface area contributed by atoms with E-state index in [9.17, 15) is 0 Å². The minimum Gasteiger partial charge on any atom is -0.412 e. The van der Waals surface area contributed by atoms with Crippen molar-refractivity contribution in [3.8, 4) is 0 Å². The number of rotatable bonds is 2. The summed E-state index contributed by atoms with van der Waals surface area (Å²) in [5.41, 5.74) is 0. The highest BCUT2D eigenvalue weighted by atomic mass is 28.3. The average Bonchev–Trinajstić information content (AvgIpc) is 2.31. The van der Waals surface area contributed by atoms with Crippen molar-refractivity contribution in [3.63, 3.8) is 0 Å². The molecule has 0 aliphatic rings. The molecule has 0 heterocycles. The van der Waals surface area contributed by atoms with Crippen molar-refractivity contribution in [2.75, 3.05) is 0 Å². The molecule has 0 aliphatic heterocycles. The summed E-state index contributed by atoms with van der Waals surface area (Å²) >= 11 is 0. The van der Waals surface area contributed by atoms with Crippen LogP contribution in [0.25, 0.3) is 0 Å². The van der Waals surface area contributed by atoms with Crippen molar-refractivity contribution in [3.05, 3.63) is 60.7 Å². The highest BCUT2D eigenvalue weighted by Crippen LogP contribution is 2.03. The van der Waals surface area contributed by atoms with Crippen LogP contribution in [0.15, 0.2) is 60.7 Å². The van der Waals surface area contributed by atoms with Crippen LogP contribution in [0.2, 0.25) is 13.1 Å². The number of hydrogen-bond acceptors (Lipinski definition) is 0. The lowest BCUT2D eigenvalue weighted by atomic mass is 10.4. The van der Waals surface area contributed by atoms with Crippen molar-refractivity contribution in [2.45, 2.75) is 13.1 Å². The Balaban J connectivity index is 0.00000128. The molecule has 2 aromatic carbocycles. The van der Waals surface area contributed by atoms with Crippen molar-refractivity contribution >= 4 is 18.4 Å². The van der Waals surface area contributed by atoms with Gasteiger partial charge in [-0.05, 0) is 0 Å². The Morgan fingerprint density at radius 2 is 0.938 bits per heavy atom. The molecule has 0 radical (unpaired) electrons. The minimum absolute atomic E-state index is 0. The zero-order valence-electron chi connectivity index (χ0n) is 9.77. The first kappa shape index (κ1) is 12.7. The van der Waals surface area contributed by atoms with Gasteiger partial charge in [0, 0.05) is 0 Å². The Morgan fingerprint density at radius 1 is 0.625 bits per heavy atom.